The highest BCUT2D eigenvalue weighted by Gasteiger charge is 2.09. The van der Waals surface area contributed by atoms with Crippen LogP contribution in [0.1, 0.15) is 11.6 Å². The quantitative estimate of drug-likeness (QED) is 0.745. The second kappa shape index (κ2) is 4.33. The summed E-state index contributed by atoms with van der Waals surface area (Å²) in [5, 5.41) is 4.30. The summed E-state index contributed by atoms with van der Waals surface area (Å²) in [6.07, 6.45) is 5.08. The van der Waals surface area contributed by atoms with E-state index < -0.39 is 0 Å². The summed E-state index contributed by atoms with van der Waals surface area (Å²) >= 11 is 3.44. The minimum Gasteiger partial charge on any atom is -0.469 e. The van der Waals surface area contributed by atoms with Crippen molar-refractivity contribution in [3.05, 3.63) is 52.9 Å². The van der Waals surface area contributed by atoms with Gasteiger partial charge < -0.3 is 4.42 Å². The molecule has 0 saturated heterocycles. The fourth-order valence-electron chi connectivity index (χ4n) is 1.80. The van der Waals surface area contributed by atoms with Crippen molar-refractivity contribution in [2.45, 2.75) is 12.8 Å². The molecule has 3 aromatic heterocycles. The Labute approximate surface area is 106 Å². The van der Waals surface area contributed by atoms with Gasteiger partial charge in [-0.3, -0.25) is 0 Å². The van der Waals surface area contributed by atoms with Crippen molar-refractivity contribution in [1.29, 1.82) is 0 Å². The van der Waals surface area contributed by atoms with Crippen LogP contribution in [0.5, 0.6) is 0 Å². The number of furan rings is 1. The molecule has 0 spiro atoms. The zero-order valence-electron chi connectivity index (χ0n) is 9.01. The Bertz CT molecular complexity index is 630. The summed E-state index contributed by atoms with van der Waals surface area (Å²) in [6.45, 7) is 0. The zero-order valence-corrected chi connectivity index (χ0v) is 10.6. The van der Waals surface area contributed by atoms with Gasteiger partial charge in [0.05, 0.1) is 11.8 Å². The van der Waals surface area contributed by atoms with Crippen LogP contribution in [-0.4, -0.2) is 14.6 Å². The third kappa shape index (κ3) is 1.98. The van der Waals surface area contributed by atoms with Gasteiger partial charge in [0.1, 0.15) is 16.2 Å². The zero-order chi connectivity index (χ0) is 11.7. The fourth-order valence-corrected chi connectivity index (χ4v) is 2.31. The van der Waals surface area contributed by atoms with E-state index in [0.717, 1.165) is 34.5 Å². The summed E-state index contributed by atoms with van der Waals surface area (Å²) in [5.74, 6) is 1.90. The van der Waals surface area contributed by atoms with Crippen molar-refractivity contribution < 1.29 is 4.42 Å². The van der Waals surface area contributed by atoms with Crippen molar-refractivity contribution >= 4 is 21.4 Å². The largest absolute Gasteiger partial charge is 0.469 e. The van der Waals surface area contributed by atoms with E-state index in [1.165, 1.54) is 0 Å². The van der Waals surface area contributed by atoms with Crippen molar-refractivity contribution in [3.63, 3.8) is 0 Å². The standard InChI is InChI=1S/C12H10BrN3O/c13-12-10-4-1-7-14-16(10)11(15-12)6-5-9-3-2-8-17-9/h1-4,7-8H,5-6H2. The Morgan fingerprint density at radius 2 is 2.18 bits per heavy atom. The number of aromatic nitrogens is 3. The van der Waals surface area contributed by atoms with Gasteiger partial charge in [-0.25, -0.2) is 9.50 Å². The SMILES string of the molecule is Brc1nc(CCc2ccco2)n2ncccc12. The molecule has 4 nitrogen and oxygen atoms in total. The van der Waals surface area contributed by atoms with E-state index in [9.17, 15) is 0 Å². The highest BCUT2D eigenvalue weighted by molar-refractivity contribution is 9.10. The van der Waals surface area contributed by atoms with E-state index in [1.807, 2.05) is 28.8 Å². The topological polar surface area (TPSA) is 43.3 Å². The highest BCUT2D eigenvalue weighted by Crippen LogP contribution is 2.18. The number of nitrogens with zero attached hydrogens (tertiary/aromatic N) is 3. The molecular weight excluding hydrogens is 282 g/mol. The molecule has 3 rings (SSSR count). The van der Waals surface area contributed by atoms with Crippen molar-refractivity contribution in [1.82, 2.24) is 14.6 Å². The van der Waals surface area contributed by atoms with Crippen LogP contribution >= 0.6 is 15.9 Å². The number of fused-ring (bicyclic) bond motifs is 1. The Hall–Kier alpha value is -1.62. The molecule has 0 saturated carbocycles. The van der Waals surface area contributed by atoms with E-state index >= 15 is 0 Å². The lowest BCUT2D eigenvalue weighted by Gasteiger charge is -1.97. The van der Waals surface area contributed by atoms with Crippen molar-refractivity contribution in [3.8, 4) is 0 Å². The number of hydrogen-bond donors (Lipinski definition) is 0. The van der Waals surface area contributed by atoms with Crippen LogP contribution in [-0.2, 0) is 12.8 Å². The first-order chi connectivity index (χ1) is 8.34. The monoisotopic (exact) mass is 291 g/mol. The van der Waals surface area contributed by atoms with E-state index in [2.05, 4.69) is 26.0 Å². The van der Waals surface area contributed by atoms with Gasteiger partial charge in [-0.05, 0) is 40.2 Å². The number of imidazole rings is 1. The molecule has 0 atom stereocenters. The van der Waals surface area contributed by atoms with Crippen LogP contribution in [0, 0.1) is 0 Å². The molecule has 5 heteroatoms. The van der Waals surface area contributed by atoms with Crippen LogP contribution in [0.3, 0.4) is 0 Å². The molecule has 0 aliphatic rings. The lowest BCUT2D eigenvalue weighted by molar-refractivity contribution is 0.505. The number of rotatable bonds is 3. The van der Waals surface area contributed by atoms with E-state index in [0.29, 0.717) is 0 Å². The minimum atomic E-state index is 0.803. The van der Waals surface area contributed by atoms with Crippen molar-refractivity contribution in [2.75, 3.05) is 0 Å². The summed E-state index contributed by atoms with van der Waals surface area (Å²) in [7, 11) is 0. The molecule has 17 heavy (non-hydrogen) atoms. The molecular formula is C12H10BrN3O. The van der Waals surface area contributed by atoms with Crippen LogP contribution in [0.15, 0.2) is 45.7 Å². The molecule has 0 unspecified atom stereocenters. The van der Waals surface area contributed by atoms with Crippen LogP contribution in [0.4, 0.5) is 0 Å². The average molecular weight is 292 g/mol. The first-order valence-electron chi connectivity index (χ1n) is 5.35. The maximum Gasteiger partial charge on any atom is 0.134 e. The number of hydrogen-bond acceptors (Lipinski definition) is 3. The predicted octanol–water partition coefficient (Wildman–Crippen LogP) is 2.87. The number of halogens is 1. The summed E-state index contributed by atoms with van der Waals surface area (Å²) in [4.78, 5) is 4.46. The van der Waals surface area contributed by atoms with Gasteiger partial charge in [-0.2, -0.15) is 5.10 Å². The van der Waals surface area contributed by atoms with Gasteiger partial charge >= 0.3 is 0 Å². The van der Waals surface area contributed by atoms with Crippen molar-refractivity contribution in [2.24, 2.45) is 0 Å². The lowest BCUT2D eigenvalue weighted by atomic mass is 10.2. The van der Waals surface area contributed by atoms with Gasteiger partial charge in [0, 0.05) is 19.0 Å². The Morgan fingerprint density at radius 3 is 3.00 bits per heavy atom. The third-order valence-corrected chi connectivity index (χ3v) is 3.19. The van der Waals surface area contributed by atoms with Gasteiger partial charge in [-0.1, -0.05) is 0 Å². The maximum atomic E-state index is 5.30. The fraction of sp³-hybridized carbons (Fsp3) is 0.167. The molecule has 3 heterocycles. The van der Waals surface area contributed by atoms with Gasteiger partial charge in [0.15, 0.2) is 0 Å². The lowest BCUT2D eigenvalue weighted by Crippen LogP contribution is -1.99. The summed E-state index contributed by atoms with van der Waals surface area (Å²) in [5.41, 5.74) is 0.988. The number of aryl methyl sites for hydroxylation is 2. The Morgan fingerprint density at radius 1 is 1.24 bits per heavy atom. The predicted molar refractivity (Wildman–Crippen MR) is 66.8 cm³/mol. The molecule has 3 aromatic rings. The van der Waals surface area contributed by atoms with Crippen LogP contribution in [0.2, 0.25) is 0 Å². The first kappa shape index (κ1) is 10.5. The van der Waals surface area contributed by atoms with Gasteiger partial charge in [0.25, 0.3) is 0 Å². The molecule has 0 bridgehead atoms. The first-order valence-corrected chi connectivity index (χ1v) is 6.14. The average Bonchev–Trinajstić information content (AvgIpc) is 2.96. The third-order valence-electron chi connectivity index (χ3n) is 2.61. The van der Waals surface area contributed by atoms with Gasteiger partial charge in [0.2, 0.25) is 0 Å². The molecule has 86 valence electrons. The van der Waals surface area contributed by atoms with E-state index in [-0.39, 0.29) is 0 Å². The molecule has 0 aliphatic heterocycles. The Kier molecular flexibility index (Phi) is 2.68. The second-order valence-corrected chi connectivity index (χ2v) is 4.47. The second-order valence-electron chi connectivity index (χ2n) is 3.72. The highest BCUT2D eigenvalue weighted by atomic mass is 79.9. The van der Waals surface area contributed by atoms with Gasteiger partial charge in [-0.15, -0.1) is 0 Å². The summed E-state index contributed by atoms with van der Waals surface area (Å²) < 4.78 is 7.99. The van der Waals surface area contributed by atoms with Crippen LogP contribution in [0.25, 0.3) is 5.52 Å². The normalized spacial score (nSPS) is 11.1. The minimum absolute atomic E-state index is 0.803. The summed E-state index contributed by atoms with van der Waals surface area (Å²) in [6, 6.07) is 7.75. The molecule has 0 aliphatic carbocycles. The maximum absolute atomic E-state index is 5.30. The molecule has 0 fully saturated rings. The van der Waals surface area contributed by atoms with E-state index in [4.69, 9.17) is 4.42 Å². The Balaban J connectivity index is 1.90. The molecule has 0 N–H and O–H groups in total. The molecule has 0 aromatic carbocycles. The molecule has 0 radical (unpaired) electrons. The molecule has 0 amide bonds. The smallest absolute Gasteiger partial charge is 0.134 e. The van der Waals surface area contributed by atoms with Crippen LogP contribution < -0.4 is 0 Å². The van der Waals surface area contributed by atoms with E-state index in [1.54, 1.807) is 12.5 Å².